The highest BCUT2D eigenvalue weighted by molar-refractivity contribution is 4.98. The smallest absolute Gasteiger partial charge is 0.187 e. The minimum atomic E-state index is -1.67. The van der Waals surface area contributed by atoms with Crippen LogP contribution in [-0.4, -0.2) is 110 Å². The van der Waals surface area contributed by atoms with Gasteiger partial charge in [0.15, 0.2) is 6.29 Å². The molecule has 2 heterocycles. The van der Waals surface area contributed by atoms with Gasteiger partial charge in [-0.05, 0) is 5.41 Å². The number of ether oxygens (including phenoxy) is 3. The maximum atomic E-state index is 10.5. The van der Waals surface area contributed by atoms with Crippen LogP contribution >= 0.6 is 0 Å². The molecule has 7 N–H and O–H groups in total. The highest BCUT2D eigenvalue weighted by Gasteiger charge is 2.52. The zero-order valence-electron chi connectivity index (χ0n) is 15.0. The second kappa shape index (κ2) is 8.31. The second-order valence-electron chi connectivity index (χ2n) is 7.92. The van der Waals surface area contributed by atoms with E-state index in [1.807, 2.05) is 0 Å². The van der Waals surface area contributed by atoms with Crippen LogP contribution in [0.5, 0.6) is 0 Å². The van der Waals surface area contributed by atoms with Crippen LogP contribution in [0.4, 0.5) is 0 Å². The zero-order chi connectivity index (χ0) is 19.8. The first-order chi connectivity index (χ1) is 12.0. The molecule has 0 saturated carbocycles. The van der Waals surface area contributed by atoms with Crippen molar-refractivity contribution in [2.45, 2.75) is 82.0 Å². The summed E-state index contributed by atoms with van der Waals surface area (Å²) in [5.74, 6) is 0. The lowest BCUT2D eigenvalue weighted by Gasteiger charge is -2.48. The molecule has 10 atom stereocenters. The molecule has 154 valence electrons. The fourth-order valence-corrected chi connectivity index (χ4v) is 3.31. The summed E-state index contributed by atoms with van der Waals surface area (Å²) in [6.07, 6.45) is -13.4. The number of aliphatic hydroxyl groups excluding tert-OH is 7. The molecule has 2 rings (SSSR count). The van der Waals surface area contributed by atoms with E-state index in [9.17, 15) is 35.7 Å². The Bertz CT molecular complexity index is 451. The van der Waals surface area contributed by atoms with Crippen LogP contribution in [0, 0.1) is 5.41 Å². The standard InChI is InChI=1S/C16H30O10/c1-16(2,3)14-11(22)10(21)13(7(5-18)24-14)26-15-12(23)9(20)8(19)6(4-17)25-15/h6-15,17-23H,4-5H2,1-3H3/t6?,7?,8-,9+,10-,11?,12?,13-,14-,15+/m1/s1. The molecule has 0 spiro atoms. The van der Waals surface area contributed by atoms with Crippen LogP contribution < -0.4 is 0 Å². The van der Waals surface area contributed by atoms with Gasteiger partial charge in [0.05, 0.1) is 19.3 Å². The average molecular weight is 382 g/mol. The normalized spacial score (nSPS) is 47.8. The summed E-state index contributed by atoms with van der Waals surface area (Å²) in [5, 5.41) is 69.3. The van der Waals surface area contributed by atoms with Crippen molar-refractivity contribution in [1.82, 2.24) is 0 Å². The van der Waals surface area contributed by atoms with Gasteiger partial charge in [0.2, 0.25) is 0 Å². The molecule has 2 saturated heterocycles. The van der Waals surface area contributed by atoms with Crippen molar-refractivity contribution in [3.05, 3.63) is 0 Å². The predicted molar refractivity (Wildman–Crippen MR) is 85.9 cm³/mol. The summed E-state index contributed by atoms with van der Waals surface area (Å²) >= 11 is 0. The van der Waals surface area contributed by atoms with Crippen LogP contribution in [0.2, 0.25) is 0 Å². The minimum absolute atomic E-state index is 0.526. The Morgan fingerprint density at radius 2 is 1.31 bits per heavy atom. The van der Waals surface area contributed by atoms with Gasteiger partial charge in [-0.2, -0.15) is 0 Å². The summed E-state index contributed by atoms with van der Waals surface area (Å²) in [6.45, 7) is 4.26. The first-order valence-corrected chi connectivity index (χ1v) is 8.61. The molecular weight excluding hydrogens is 352 g/mol. The Labute approximate surface area is 151 Å². The largest absolute Gasteiger partial charge is 0.394 e. The Hall–Kier alpha value is -0.400. The van der Waals surface area contributed by atoms with E-state index in [0.29, 0.717) is 0 Å². The number of rotatable bonds is 4. The van der Waals surface area contributed by atoms with Crippen molar-refractivity contribution in [2.75, 3.05) is 13.2 Å². The average Bonchev–Trinajstić information content (AvgIpc) is 2.58. The number of hydrogen-bond donors (Lipinski definition) is 7. The van der Waals surface area contributed by atoms with Gasteiger partial charge >= 0.3 is 0 Å². The Kier molecular flexibility index (Phi) is 7.00. The van der Waals surface area contributed by atoms with Gasteiger partial charge in [-0.25, -0.2) is 0 Å². The molecule has 0 aliphatic carbocycles. The first kappa shape index (κ1) is 21.9. The third-order valence-electron chi connectivity index (χ3n) is 4.86. The van der Waals surface area contributed by atoms with Crippen LogP contribution in [0.15, 0.2) is 0 Å². The van der Waals surface area contributed by atoms with Crippen LogP contribution in [-0.2, 0) is 14.2 Å². The molecule has 0 bridgehead atoms. The van der Waals surface area contributed by atoms with Gasteiger partial charge in [0.1, 0.15) is 48.8 Å². The summed E-state index contributed by atoms with van der Waals surface area (Å²) in [6, 6.07) is 0. The summed E-state index contributed by atoms with van der Waals surface area (Å²) in [7, 11) is 0. The Morgan fingerprint density at radius 1 is 0.731 bits per heavy atom. The SMILES string of the molecule is CC(C)(C)[C@@H]1OC(CO)[C@@H](O[C@@H]2OC(CO)[C@@H](O)[C@H](O)C2O)[C@H](O)C1O. The molecule has 0 aromatic rings. The van der Waals surface area contributed by atoms with E-state index in [4.69, 9.17) is 14.2 Å². The topological polar surface area (TPSA) is 169 Å². The van der Waals surface area contributed by atoms with E-state index in [-0.39, 0.29) is 0 Å². The molecule has 4 unspecified atom stereocenters. The van der Waals surface area contributed by atoms with Crippen molar-refractivity contribution < 1.29 is 50.0 Å². The van der Waals surface area contributed by atoms with Gasteiger partial charge < -0.3 is 50.0 Å². The quantitative estimate of drug-likeness (QED) is 0.261. The molecule has 0 radical (unpaired) electrons. The predicted octanol–water partition coefficient (Wildman–Crippen LogP) is -3.30. The Balaban J connectivity index is 2.16. The minimum Gasteiger partial charge on any atom is -0.394 e. The third-order valence-corrected chi connectivity index (χ3v) is 4.86. The first-order valence-electron chi connectivity index (χ1n) is 8.61. The molecule has 2 fully saturated rings. The lowest BCUT2D eigenvalue weighted by Crippen LogP contribution is -2.65. The van der Waals surface area contributed by atoms with Crippen LogP contribution in [0.3, 0.4) is 0 Å². The highest BCUT2D eigenvalue weighted by atomic mass is 16.7. The fraction of sp³-hybridized carbons (Fsp3) is 1.00. The molecule has 10 heteroatoms. The van der Waals surface area contributed by atoms with Crippen LogP contribution in [0.1, 0.15) is 20.8 Å². The van der Waals surface area contributed by atoms with Gasteiger partial charge in [0.25, 0.3) is 0 Å². The van der Waals surface area contributed by atoms with E-state index >= 15 is 0 Å². The fourth-order valence-electron chi connectivity index (χ4n) is 3.31. The number of hydrogen-bond acceptors (Lipinski definition) is 10. The van der Waals surface area contributed by atoms with E-state index in [1.165, 1.54) is 0 Å². The van der Waals surface area contributed by atoms with Crippen LogP contribution in [0.25, 0.3) is 0 Å². The summed E-state index contributed by atoms with van der Waals surface area (Å²) in [4.78, 5) is 0. The Morgan fingerprint density at radius 3 is 1.81 bits per heavy atom. The monoisotopic (exact) mass is 382 g/mol. The van der Waals surface area contributed by atoms with E-state index in [0.717, 1.165) is 0 Å². The zero-order valence-corrected chi connectivity index (χ0v) is 15.0. The van der Waals surface area contributed by atoms with Crippen molar-refractivity contribution in [2.24, 2.45) is 5.41 Å². The van der Waals surface area contributed by atoms with Crippen molar-refractivity contribution in [3.8, 4) is 0 Å². The van der Waals surface area contributed by atoms with Crippen molar-refractivity contribution >= 4 is 0 Å². The molecule has 0 aromatic carbocycles. The number of aliphatic hydroxyl groups is 7. The van der Waals surface area contributed by atoms with Gasteiger partial charge in [-0.15, -0.1) is 0 Å². The van der Waals surface area contributed by atoms with Gasteiger partial charge in [-0.1, -0.05) is 20.8 Å². The summed E-state index contributed by atoms with van der Waals surface area (Å²) < 4.78 is 16.4. The lowest BCUT2D eigenvalue weighted by atomic mass is 9.80. The molecule has 2 aliphatic rings. The molecule has 26 heavy (non-hydrogen) atoms. The third kappa shape index (κ3) is 4.20. The van der Waals surface area contributed by atoms with E-state index in [2.05, 4.69) is 0 Å². The second-order valence-corrected chi connectivity index (χ2v) is 7.92. The molecule has 0 aromatic heterocycles. The molecular formula is C16H30O10. The maximum Gasteiger partial charge on any atom is 0.187 e. The molecule has 0 amide bonds. The van der Waals surface area contributed by atoms with Crippen molar-refractivity contribution in [3.63, 3.8) is 0 Å². The molecule has 10 nitrogen and oxygen atoms in total. The van der Waals surface area contributed by atoms with Gasteiger partial charge in [0, 0.05) is 0 Å². The van der Waals surface area contributed by atoms with E-state index in [1.54, 1.807) is 20.8 Å². The highest BCUT2D eigenvalue weighted by Crippen LogP contribution is 2.35. The lowest BCUT2D eigenvalue weighted by molar-refractivity contribution is -0.345. The maximum absolute atomic E-state index is 10.5. The van der Waals surface area contributed by atoms with Crippen molar-refractivity contribution in [1.29, 1.82) is 0 Å². The summed E-state index contributed by atoms with van der Waals surface area (Å²) in [5.41, 5.74) is -0.526. The molecule has 2 aliphatic heterocycles. The van der Waals surface area contributed by atoms with Gasteiger partial charge in [-0.3, -0.25) is 0 Å². The van der Waals surface area contributed by atoms with E-state index < -0.39 is 79.9 Å².